The van der Waals surface area contributed by atoms with E-state index in [9.17, 15) is 0 Å². The topological polar surface area (TPSA) is 54.2 Å². The molecule has 5 heteroatoms. The van der Waals surface area contributed by atoms with Gasteiger partial charge in [0, 0.05) is 32.6 Å². The van der Waals surface area contributed by atoms with Gasteiger partial charge in [0.05, 0.1) is 6.54 Å². The van der Waals surface area contributed by atoms with Gasteiger partial charge in [-0.05, 0) is 5.92 Å². The average molecular weight is 224 g/mol. The standard InChI is InChI=1S/C11H20N4O/c1-9(2)7-10-13-11(16-14-10)8-15-5-3-12-4-6-15/h9,12H,3-8H2,1-2H3. The normalized spacial score (nSPS) is 18.2. The third-order valence-electron chi connectivity index (χ3n) is 2.67. The molecule has 1 saturated heterocycles. The molecule has 0 atom stereocenters. The molecule has 1 aromatic rings. The molecule has 2 rings (SSSR count). The van der Waals surface area contributed by atoms with Crippen molar-refractivity contribution < 1.29 is 4.52 Å². The van der Waals surface area contributed by atoms with Crippen molar-refractivity contribution in [3.63, 3.8) is 0 Å². The number of nitrogens with zero attached hydrogens (tertiary/aromatic N) is 3. The fourth-order valence-electron chi connectivity index (χ4n) is 1.86. The highest BCUT2D eigenvalue weighted by Crippen LogP contribution is 2.07. The highest BCUT2D eigenvalue weighted by Gasteiger charge is 2.14. The van der Waals surface area contributed by atoms with Crippen LogP contribution in [0.3, 0.4) is 0 Å². The van der Waals surface area contributed by atoms with E-state index < -0.39 is 0 Å². The lowest BCUT2D eigenvalue weighted by Crippen LogP contribution is -2.42. The first-order valence-electron chi connectivity index (χ1n) is 5.98. The van der Waals surface area contributed by atoms with Crippen LogP contribution in [-0.4, -0.2) is 41.2 Å². The van der Waals surface area contributed by atoms with E-state index in [1.54, 1.807) is 0 Å². The minimum Gasteiger partial charge on any atom is -0.338 e. The van der Waals surface area contributed by atoms with Crippen LogP contribution >= 0.6 is 0 Å². The van der Waals surface area contributed by atoms with Gasteiger partial charge in [0.25, 0.3) is 0 Å². The molecule has 1 N–H and O–H groups in total. The third kappa shape index (κ3) is 3.28. The number of piperazine rings is 1. The second-order valence-electron chi connectivity index (χ2n) is 4.73. The fraction of sp³-hybridized carbons (Fsp3) is 0.818. The van der Waals surface area contributed by atoms with Crippen molar-refractivity contribution in [3.8, 4) is 0 Å². The van der Waals surface area contributed by atoms with Gasteiger partial charge < -0.3 is 9.84 Å². The van der Waals surface area contributed by atoms with Crippen LogP contribution in [0.2, 0.25) is 0 Å². The van der Waals surface area contributed by atoms with Crippen LogP contribution in [0.5, 0.6) is 0 Å². The summed E-state index contributed by atoms with van der Waals surface area (Å²) >= 11 is 0. The van der Waals surface area contributed by atoms with Gasteiger partial charge in [-0.15, -0.1) is 0 Å². The van der Waals surface area contributed by atoms with Gasteiger partial charge in [0.2, 0.25) is 5.89 Å². The van der Waals surface area contributed by atoms with E-state index in [1.807, 2.05) is 0 Å². The van der Waals surface area contributed by atoms with Crippen molar-refractivity contribution >= 4 is 0 Å². The van der Waals surface area contributed by atoms with Crippen LogP contribution in [0.1, 0.15) is 25.6 Å². The van der Waals surface area contributed by atoms with Gasteiger partial charge in [0.1, 0.15) is 0 Å². The molecule has 0 spiro atoms. The van der Waals surface area contributed by atoms with Crippen LogP contribution in [0, 0.1) is 5.92 Å². The second-order valence-corrected chi connectivity index (χ2v) is 4.73. The summed E-state index contributed by atoms with van der Waals surface area (Å²) in [4.78, 5) is 6.74. The van der Waals surface area contributed by atoms with Gasteiger partial charge in [-0.25, -0.2) is 0 Å². The highest BCUT2D eigenvalue weighted by molar-refractivity contribution is 4.88. The Hall–Kier alpha value is -0.940. The zero-order valence-electron chi connectivity index (χ0n) is 10.1. The Bertz CT molecular complexity index is 318. The molecule has 1 aliphatic heterocycles. The van der Waals surface area contributed by atoms with E-state index in [1.165, 1.54) is 0 Å². The Balaban J connectivity index is 1.86. The molecule has 0 unspecified atom stereocenters. The van der Waals surface area contributed by atoms with Crippen LogP contribution in [0.15, 0.2) is 4.52 Å². The SMILES string of the molecule is CC(C)Cc1noc(CN2CCNCC2)n1. The second kappa shape index (κ2) is 5.41. The Labute approximate surface area is 96.2 Å². The highest BCUT2D eigenvalue weighted by atomic mass is 16.5. The van der Waals surface area contributed by atoms with Gasteiger partial charge in [0.15, 0.2) is 5.82 Å². The summed E-state index contributed by atoms with van der Waals surface area (Å²) in [6.07, 6.45) is 0.894. The van der Waals surface area contributed by atoms with E-state index in [0.29, 0.717) is 5.92 Å². The lowest BCUT2D eigenvalue weighted by atomic mass is 10.1. The molecular formula is C11H20N4O. The Morgan fingerprint density at radius 3 is 2.81 bits per heavy atom. The fourth-order valence-corrected chi connectivity index (χ4v) is 1.86. The molecule has 0 bridgehead atoms. The van der Waals surface area contributed by atoms with Crippen LogP contribution < -0.4 is 5.32 Å². The van der Waals surface area contributed by atoms with Crippen molar-refractivity contribution in [3.05, 3.63) is 11.7 Å². The summed E-state index contributed by atoms with van der Waals surface area (Å²) in [5.41, 5.74) is 0. The summed E-state index contributed by atoms with van der Waals surface area (Å²) < 4.78 is 5.25. The molecular weight excluding hydrogens is 204 g/mol. The van der Waals surface area contributed by atoms with Crippen LogP contribution in [-0.2, 0) is 13.0 Å². The summed E-state index contributed by atoms with van der Waals surface area (Å²) in [6.45, 7) is 9.31. The monoisotopic (exact) mass is 224 g/mol. The number of hydrogen-bond donors (Lipinski definition) is 1. The molecule has 0 saturated carbocycles. The van der Waals surface area contributed by atoms with E-state index in [4.69, 9.17) is 4.52 Å². The maximum atomic E-state index is 5.25. The van der Waals surface area contributed by atoms with Gasteiger partial charge >= 0.3 is 0 Å². The quantitative estimate of drug-likeness (QED) is 0.815. The minimum absolute atomic E-state index is 0.574. The van der Waals surface area contributed by atoms with E-state index in [-0.39, 0.29) is 0 Å². The Morgan fingerprint density at radius 2 is 2.12 bits per heavy atom. The number of hydrogen-bond acceptors (Lipinski definition) is 5. The van der Waals surface area contributed by atoms with Crippen LogP contribution in [0.25, 0.3) is 0 Å². The first-order valence-corrected chi connectivity index (χ1v) is 5.98. The van der Waals surface area contributed by atoms with E-state index >= 15 is 0 Å². The first-order chi connectivity index (χ1) is 7.74. The van der Waals surface area contributed by atoms with Crippen molar-refractivity contribution in [2.45, 2.75) is 26.8 Å². The van der Waals surface area contributed by atoms with E-state index in [0.717, 1.165) is 50.9 Å². The third-order valence-corrected chi connectivity index (χ3v) is 2.67. The minimum atomic E-state index is 0.574. The van der Waals surface area contributed by atoms with Crippen molar-refractivity contribution in [1.82, 2.24) is 20.4 Å². The summed E-state index contributed by atoms with van der Waals surface area (Å²) in [5.74, 6) is 2.15. The average Bonchev–Trinajstić information content (AvgIpc) is 2.66. The largest absolute Gasteiger partial charge is 0.338 e. The summed E-state index contributed by atoms with van der Waals surface area (Å²) in [7, 11) is 0. The summed E-state index contributed by atoms with van der Waals surface area (Å²) in [6, 6.07) is 0. The number of rotatable bonds is 4. The maximum absolute atomic E-state index is 5.25. The van der Waals surface area contributed by atoms with Crippen molar-refractivity contribution in [2.24, 2.45) is 5.92 Å². The summed E-state index contributed by atoms with van der Waals surface area (Å²) in [5, 5.41) is 7.32. The lowest BCUT2D eigenvalue weighted by Gasteiger charge is -2.25. The zero-order chi connectivity index (χ0) is 11.4. The molecule has 16 heavy (non-hydrogen) atoms. The molecule has 0 amide bonds. The molecule has 1 fully saturated rings. The first kappa shape index (κ1) is 11.5. The predicted octanol–water partition coefficient (Wildman–Crippen LogP) is 0.673. The number of aromatic nitrogens is 2. The molecule has 2 heterocycles. The van der Waals surface area contributed by atoms with E-state index in [2.05, 4.69) is 34.2 Å². The predicted molar refractivity (Wildman–Crippen MR) is 61.0 cm³/mol. The molecule has 1 aliphatic rings. The van der Waals surface area contributed by atoms with Gasteiger partial charge in [-0.3, -0.25) is 4.90 Å². The zero-order valence-corrected chi connectivity index (χ0v) is 10.1. The van der Waals surface area contributed by atoms with Crippen molar-refractivity contribution in [2.75, 3.05) is 26.2 Å². The molecule has 5 nitrogen and oxygen atoms in total. The van der Waals surface area contributed by atoms with Gasteiger partial charge in [-0.2, -0.15) is 4.98 Å². The Morgan fingerprint density at radius 1 is 1.38 bits per heavy atom. The van der Waals surface area contributed by atoms with Gasteiger partial charge in [-0.1, -0.05) is 19.0 Å². The molecule has 0 aliphatic carbocycles. The smallest absolute Gasteiger partial charge is 0.240 e. The molecule has 90 valence electrons. The molecule has 1 aromatic heterocycles. The number of nitrogens with one attached hydrogen (secondary N) is 1. The maximum Gasteiger partial charge on any atom is 0.240 e. The molecule has 0 radical (unpaired) electrons. The molecule has 0 aromatic carbocycles. The van der Waals surface area contributed by atoms with Crippen LogP contribution in [0.4, 0.5) is 0 Å². The Kier molecular flexibility index (Phi) is 3.90. The lowest BCUT2D eigenvalue weighted by molar-refractivity contribution is 0.203. The van der Waals surface area contributed by atoms with Crippen molar-refractivity contribution in [1.29, 1.82) is 0 Å².